The summed E-state index contributed by atoms with van der Waals surface area (Å²) in [6.07, 6.45) is 3.73. The highest BCUT2D eigenvalue weighted by atomic mass is 32.2. The largest absolute Gasteiger partial charge is 0.506 e. The van der Waals surface area contributed by atoms with Gasteiger partial charge in [-0.25, -0.2) is 13.4 Å². The number of benzene rings is 3. The predicted octanol–water partition coefficient (Wildman–Crippen LogP) is 5.47. The van der Waals surface area contributed by atoms with Crippen LogP contribution in [-0.2, 0) is 16.6 Å². The van der Waals surface area contributed by atoms with Crippen LogP contribution in [0.1, 0.15) is 48.6 Å². The first-order valence-electron chi connectivity index (χ1n) is 13.3. The summed E-state index contributed by atoms with van der Waals surface area (Å²) in [7, 11) is -3.96. The fourth-order valence-corrected chi connectivity index (χ4v) is 6.38. The van der Waals surface area contributed by atoms with E-state index >= 15 is 0 Å². The topological polar surface area (TPSA) is 116 Å². The SMILES string of the molecule is Cc1cc(C)c(S(=O)(=O)Nc2cc(C(O)CNC(C)(C)CCn3cnc(-c4ccccc4)c3)ccc2O)c(C)c1. The van der Waals surface area contributed by atoms with Crippen LogP contribution in [0.4, 0.5) is 5.69 Å². The Morgan fingerprint density at radius 1 is 1.00 bits per heavy atom. The summed E-state index contributed by atoms with van der Waals surface area (Å²) < 4.78 is 31.0. The Morgan fingerprint density at radius 2 is 1.68 bits per heavy atom. The van der Waals surface area contributed by atoms with Crippen molar-refractivity contribution in [3.8, 4) is 17.0 Å². The molecule has 0 aliphatic carbocycles. The smallest absolute Gasteiger partial charge is 0.262 e. The van der Waals surface area contributed by atoms with E-state index in [-0.39, 0.29) is 28.4 Å². The summed E-state index contributed by atoms with van der Waals surface area (Å²) in [5, 5.41) is 24.7. The molecule has 0 saturated carbocycles. The number of aromatic hydroxyl groups is 1. The molecule has 0 aliphatic rings. The van der Waals surface area contributed by atoms with E-state index in [0.29, 0.717) is 16.7 Å². The molecular formula is C31H38N4O4S. The number of anilines is 1. The Hall–Kier alpha value is -3.66. The first-order valence-corrected chi connectivity index (χ1v) is 14.8. The number of aryl methyl sites for hydroxylation is 4. The van der Waals surface area contributed by atoms with Crippen molar-refractivity contribution in [2.24, 2.45) is 0 Å². The Balaban J connectivity index is 1.39. The lowest BCUT2D eigenvalue weighted by Crippen LogP contribution is -2.42. The Labute approximate surface area is 236 Å². The normalized spacial score (nSPS) is 12.8. The highest BCUT2D eigenvalue weighted by Crippen LogP contribution is 2.31. The number of imidazole rings is 1. The minimum atomic E-state index is -3.96. The summed E-state index contributed by atoms with van der Waals surface area (Å²) in [6, 6.07) is 18.1. The van der Waals surface area contributed by atoms with Crippen LogP contribution in [0.5, 0.6) is 5.75 Å². The van der Waals surface area contributed by atoms with Crippen molar-refractivity contribution < 1.29 is 18.6 Å². The van der Waals surface area contributed by atoms with Gasteiger partial charge < -0.3 is 20.1 Å². The number of β-amino-alcohol motifs (C(OH)–C–C–N with tert-alkyl or cyclic N) is 1. The van der Waals surface area contributed by atoms with Crippen molar-refractivity contribution >= 4 is 15.7 Å². The first kappa shape index (κ1) is 29.3. The Bertz CT molecular complexity index is 1560. The first-order chi connectivity index (χ1) is 18.8. The fraction of sp³-hybridized carbons (Fsp3) is 0.323. The van der Waals surface area contributed by atoms with Gasteiger partial charge >= 0.3 is 0 Å². The van der Waals surface area contributed by atoms with E-state index in [2.05, 4.69) is 33.4 Å². The number of sulfonamides is 1. The average Bonchev–Trinajstić information content (AvgIpc) is 3.36. The molecule has 212 valence electrons. The van der Waals surface area contributed by atoms with Gasteiger partial charge in [-0.1, -0.05) is 54.1 Å². The van der Waals surface area contributed by atoms with Crippen LogP contribution in [0.3, 0.4) is 0 Å². The van der Waals surface area contributed by atoms with Crippen LogP contribution in [0, 0.1) is 20.8 Å². The van der Waals surface area contributed by atoms with E-state index < -0.39 is 16.1 Å². The zero-order valence-electron chi connectivity index (χ0n) is 23.6. The lowest BCUT2D eigenvalue weighted by Gasteiger charge is -2.28. The second kappa shape index (κ2) is 11.8. The van der Waals surface area contributed by atoms with Crippen LogP contribution in [0.25, 0.3) is 11.3 Å². The number of hydrogen-bond acceptors (Lipinski definition) is 6. The van der Waals surface area contributed by atoms with E-state index in [9.17, 15) is 18.6 Å². The van der Waals surface area contributed by atoms with Crippen LogP contribution in [-0.4, -0.2) is 40.3 Å². The van der Waals surface area contributed by atoms with Gasteiger partial charge in [0.15, 0.2) is 0 Å². The molecule has 1 unspecified atom stereocenters. The molecule has 1 aromatic heterocycles. The van der Waals surface area contributed by atoms with Crippen LogP contribution >= 0.6 is 0 Å². The van der Waals surface area contributed by atoms with Crippen LogP contribution in [0.2, 0.25) is 0 Å². The zero-order valence-corrected chi connectivity index (χ0v) is 24.5. The molecule has 0 saturated heterocycles. The fourth-order valence-electron chi connectivity index (χ4n) is 4.86. The monoisotopic (exact) mass is 562 g/mol. The van der Waals surface area contributed by atoms with Crippen LogP contribution < -0.4 is 10.0 Å². The highest BCUT2D eigenvalue weighted by Gasteiger charge is 2.23. The Kier molecular flexibility index (Phi) is 8.68. The molecular weight excluding hydrogens is 524 g/mol. The van der Waals surface area contributed by atoms with Gasteiger partial charge in [0, 0.05) is 30.4 Å². The van der Waals surface area contributed by atoms with E-state index in [0.717, 1.165) is 29.8 Å². The second-order valence-corrected chi connectivity index (χ2v) is 12.6. The number of aromatic nitrogens is 2. The van der Waals surface area contributed by atoms with Gasteiger partial charge in [-0.05, 0) is 69.9 Å². The van der Waals surface area contributed by atoms with E-state index in [1.54, 1.807) is 19.9 Å². The number of phenolic OH excluding ortho intramolecular Hbond substituents is 1. The van der Waals surface area contributed by atoms with E-state index in [1.165, 1.54) is 12.1 Å². The van der Waals surface area contributed by atoms with Crippen molar-refractivity contribution in [2.45, 2.75) is 64.1 Å². The van der Waals surface area contributed by atoms with E-state index in [1.807, 2.05) is 61.9 Å². The minimum absolute atomic E-state index is 0.0181. The molecule has 0 radical (unpaired) electrons. The summed E-state index contributed by atoms with van der Waals surface area (Å²) in [5.41, 5.74) is 4.43. The third-order valence-electron chi connectivity index (χ3n) is 6.99. The second-order valence-electron chi connectivity index (χ2n) is 11.0. The molecule has 3 aromatic carbocycles. The van der Waals surface area contributed by atoms with Gasteiger partial charge in [0.1, 0.15) is 5.75 Å². The van der Waals surface area contributed by atoms with Crippen molar-refractivity contribution in [2.75, 3.05) is 11.3 Å². The molecule has 40 heavy (non-hydrogen) atoms. The average molecular weight is 563 g/mol. The number of nitrogens with zero attached hydrogens (tertiary/aromatic N) is 2. The predicted molar refractivity (Wildman–Crippen MR) is 159 cm³/mol. The quantitative estimate of drug-likeness (QED) is 0.180. The molecule has 1 heterocycles. The molecule has 0 bridgehead atoms. The molecule has 8 nitrogen and oxygen atoms in total. The van der Waals surface area contributed by atoms with Gasteiger partial charge in [-0.2, -0.15) is 0 Å². The number of rotatable bonds is 11. The highest BCUT2D eigenvalue weighted by molar-refractivity contribution is 7.92. The molecule has 0 aliphatic heterocycles. The lowest BCUT2D eigenvalue weighted by molar-refractivity contribution is 0.158. The standard InChI is InChI=1S/C31H38N4O4S/c1-21-15-22(2)30(23(3)16-21)40(38,39)34-26-17-25(11-12-28(26)36)29(37)18-33-31(4,5)13-14-35-19-27(32-20-35)24-9-7-6-8-10-24/h6-12,15-17,19-20,29,33-34,36-37H,13-14,18H2,1-5H3. The summed E-state index contributed by atoms with van der Waals surface area (Å²) in [5.74, 6) is -0.217. The van der Waals surface area contributed by atoms with Gasteiger partial charge in [0.2, 0.25) is 0 Å². The maximum atomic E-state index is 13.2. The lowest BCUT2D eigenvalue weighted by atomic mass is 9.99. The van der Waals surface area contributed by atoms with Crippen LogP contribution in [0.15, 0.2) is 78.1 Å². The van der Waals surface area contributed by atoms with Crippen molar-refractivity contribution in [3.05, 3.63) is 95.4 Å². The zero-order chi connectivity index (χ0) is 29.1. The van der Waals surface area contributed by atoms with Gasteiger partial charge in [0.05, 0.1) is 28.7 Å². The third kappa shape index (κ3) is 7.10. The Morgan fingerprint density at radius 3 is 2.35 bits per heavy atom. The van der Waals surface area contributed by atoms with Crippen molar-refractivity contribution in [3.63, 3.8) is 0 Å². The molecule has 0 spiro atoms. The molecule has 4 rings (SSSR count). The summed E-state index contributed by atoms with van der Waals surface area (Å²) >= 11 is 0. The summed E-state index contributed by atoms with van der Waals surface area (Å²) in [4.78, 5) is 4.69. The molecule has 1 atom stereocenters. The molecule has 4 N–H and O–H groups in total. The van der Waals surface area contributed by atoms with Gasteiger partial charge in [-0.3, -0.25) is 4.72 Å². The van der Waals surface area contributed by atoms with Gasteiger partial charge in [0.25, 0.3) is 10.0 Å². The number of nitrogens with one attached hydrogen (secondary N) is 2. The minimum Gasteiger partial charge on any atom is -0.506 e. The van der Waals surface area contributed by atoms with E-state index in [4.69, 9.17) is 0 Å². The molecule has 0 fully saturated rings. The maximum Gasteiger partial charge on any atom is 0.262 e. The van der Waals surface area contributed by atoms with Crippen molar-refractivity contribution in [1.82, 2.24) is 14.9 Å². The number of aliphatic hydroxyl groups is 1. The third-order valence-corrected chi connectivity index (χ3v) is 8.66. The maximum absolute atomic E-state index is 13.2. The van der Waals surface area contributed by atoms with Crippen molar-refractivity contribution in [1.29, 1.82) is 0 Å². The number of hydrogen-bond donors (Lipinski definition) is 4. The number of phenols is 1. The molecule has 9 heteroatoms. The summed E-state index contributed by atoms with van der Waals surface area (Å²) in [6.45, 7) is 10.5. The molecule has 4 aromatic rings. The van der Waals surface area contributed by atoms with Gasteiger partial charge in [-0.15, -0.1) is 0 Å². The number of aliphatic hydroxyl groups excluding tert-OH is 1. The molecule has 0 amide bonds.